The maximum atomic E-state index is 13.7. The number of nitrogens with zero attached hydrogens (tertiary/aromatic N) is 3. The Morgan fingerprint density at radius 1 is 1.18 bits per heavy atom. The van der Waals surface area contributed by atoms with E-state index in [4.69, 9.17) is 15.0 Å². The van der Waals surface area contributed by atoms with Crippen molar-refractivity contribution in [2.45, 2.75) is 76.5 Å². The SMILES string of the molecule is Cc1cc(C(=O)N(CC2CCCO2)C2CCN(C(=O)c3cccs3)[C@@H](C(=O)NCC3CCC(CN)CC3)C2)no1. The molecule has 0 bridgehead atoms. The minimum atomic E-state index is -0.674. The minimum absolute atomic E-state index is 0.0568. The molecule has 1 saturated carbocycles. The van der Waals surface area contributed by atoms with Crippen molar-refractivity contribution in [3.8, 4) is 0 Å². The number of carbonyl (C=O) groups is 3. The van der Waals surface area contributed by atoms with Gasteiger partial charge in [0.25, 0.3) is 11.8 Å². The second kappa shape index (κ2) is 13.3. The van der Waals surface area contributed by atoms with Crippen molar-refractivity contribution in [1.82, 2.24) is 20.3 Å². The number of rotatable bonds is 9. The van der Waals surface area contributed by atoms with E-state index in [2.05, 4.69) is 10.5 Å². The van der Waals surface area contributed by atoms with Gasteiger partial charge in [0.2, 0.25) is 5.91 Å². The van der Waals surface area contributed by atoms with Crippen LogP contribution in [0.1, 0.15) is 77.3 Å². The lowest BCUT2D eigenvalue weighted by atomic mass is 9.82. The molecular weight excluding hydrogens is 530 g/mol. The monoisotopic (exact) mass is 571 g/mol. The molecule has 2 aromatic heterocycles. The predicted octanol–water partition coefficient (Wildman–Crippen LogP) is 3.22. The van der Waals surface area contributed by atoms with Crippen molar-refractivity contribution in [3.63, 3.8) is 0 Å². The van der Waals surface area contributed by atoms with Crippen molar-refractivity contribution in [1.29, 1.82) is 0 Å². The first-order valence-corrected chi connectivity index (χ1v) is 15.5. The van der Waals surface area contributed by atoms with E-state index in [0.29, 0.717) is 61.6 Å². The number of nitrogens with two attached hydrogens (primary N) is 1. The van der Waals surface area contributed by atoms with Crippen LogP contribution in [0.25, 0.3) is 0 Å². The molecule has 10 nitrogen and oxygen atoms in total. The molecule has 3 aliphatic rings. The van der Waals surface area contributed by atoms with E-state index in [1.165, 1.54) is 11.3 Å². The normalized spacial score (nSPS) is 26.9. The first-order valence-electron chi connectivity index (χ1n) is 14.6. The maximum absolute atomic E-state index is 13.7. The zero-order chi connectivity index (χ0) is 28.1. The summed E-state index contributed by atoms with van der Waals surface area (Å²) in [7, 11) is 0. The van der Waals surface area contributed by atoms with Crippen LogP contribution in [0, 0.1) is 18.8 Å². The maximum Gasteiger partial charge on any atom is 0.276 e. The Balaban J connectivity index is 1.33. The lowest BCUT2D eigenvalue weighted by Gasteiger charge is -2.43. The number of aromatic nitrogens is 1. The van der Waals surface area contributed by atoms with E-state index in [0.717, 1.165) is 45.1 Å². The summed E-state index contributed by atoms with van der Waals surface area (Å²) in [5.74, 6) is 1.03. The van der Waals surface area contributed by atoms with E-state index < -0.39 is 6.04 Å². The third-order valence-electron chi connectivity index (χ3n) is 8.71. The average molecular weight is 572 g/mol. The number of likely N-dealkylation sites (tertiary alicyclic amines) is 1. The molecule has 218 valence electrons. The molecule has 0 spiro atoms. The Labute approximate surface area is 239 Å². The van der Waals surface area contributed by atoms with Crippen molar-refractivity contribution >= 4 is 29.1 Å². The second-order valence-electron chi connectivity index (χ2n) is 11.5. The summed E-state index contributed by atoms with van der Waals surface area (Å²) in [4.78, 5) is 45.0. The van der Waals surface area contributed by atoms with E-state index in [1.54, 1.807) is 28.9 Å². The van der Waals surface area contributed by atoms with Crippen LogP contribution < -0.4 is 11.1 Å². The smallest absolute Gasteiger partial charge is 0.276 e. The summed E-state index contributed by atoms with van der Waals surface area (Å²) in [5, 5.41) is 9.01. The number of hydrogen-bond donors (Lipinski definition) is 2. The molecule has 3 N–H and O–H groups in total. The van der Waals surface area contributed by atoms with Crippen molar-refractivity contribution < 1.29 is 23.6 Å². The molecule has 3 fully saturated rings. The highest BCUT2D eigenvalue weighted by Crippen LogP contribution is 2.30. The molecule has 2 saturated heterocycles. The number of piperidine rings is 1. The molecule has 3 atom stereocenters. The lowest BCUT2D eigenvalue weighted by molar-refractivity contribution is -0.127. The van der Waals surface area contributed by atoms with Crippen molar-refractivity contribution in [3.05, 3.63) is 39.9 Å². The van der Waals surface area contributed by atoms with Crippen LogP contribution in [0.3, 0.4) is 0 Å². The number of carbonyl (C=O) groups excluding carboxylic acids is 3. The fourth-order valence-electron chi connectivity index (χ4n) is 6.32. The van der Waals surface area contributed by atoms with Gasteiger partial charge in [-0.3, -0.25) is 14.4 Å². The van der Waals surface area contributed by atoms with E-state index in [9.17, 15) is 14.4 Å². The van der Waals surface area contributed by atoms with Gasteiger partial charge in [-0.15, -0.1) is 11.3 Å². The van der Waals surface area contributed by atoms with Gasteiger partial charge in [-0.2, -0.15) is 0 Å². The van der Waals surface area contributed by atoms with Gasteiger partial charge < -0.3 is 30.1 Å². The van der Waals surface area contributed by atoms with Crippen LogP contribution in [0.15, 0.2) is 28.1 Å². The number of hydrogen-bond acceptors (Lipinski definition) is 8. The molecule has 2 unspecified atom stereocenters. The molecule has 2 aliphatic heterocycles. The summed E-state index contributed by atoms with van der Waals surface area (Å²) in [5.41, 5.74) is 6.10. The molecule has 2 aromatic rings. The van der Waals surface area contributed by atoms with Gasteiger partial charge in [0.1, 0.15) is 11.8 Å². The molecular formula is C29H41N5O5S. The van der Waals surface area contributed by atoms with Crippen LogP contribution in [-0.4, -0.2) is 83.7 Å². The highest BCUT2D eigenvalue weighted by Gasteiger charge is 2.41. The number of amides is 3. The molecule has 0 aromatic carbocycles. The van der Waals surface area contributed by atoms with E-state index in [1.807, 2.05) is 11.4 Å². The highest BCUT2D eigenvalue weighted by molar-refractivity contribution is 7.12. The first kappa shape index (κ1) is 28.8. The van der Waals surface area contributed by atoms with E-state index in [-0.39, 0.29) is 35.6 Å². The molecule has 0 radical (unpaired) electrons. The summed E-state index contributed by atoms with van der Waals surface area (Å²) >= 11 is 1.38. The predicted molar refractivity (Wildman–Crippen MR) is 151 cm³/mol. The van der Waals surface area contributed by atoms with Gasteiger partial charge in [-0.1, -0.05) is 11.2 Å². The van der Waals surface area contributed by atoms with Gasteiger partial charge in [-0.05, 0) is 88.1 Å². The molecule has 3 amide bonds. The van der Waals surface area contributed by atoms with Gasteiger partial charge in [0.05, 0.1) is 11.0 Å². The van der Waals surface area contributed by atoms with Crippen LogP contribution in [0.5, 0.6) is 0 Å². The quantitative estimate of drug-likeness (QED) is 0.473. The highest BCUT2D eigenvalue weighted by atomic mass is 32.1. The summed E-state index contributed by atoms with van der Waals surface area (Å²) in [6.07, 6.45) is 6.99. The fraction of sp³-hybridized carbons (Fsp3) is 0.655. The van der Waals surface area contributed by atoms with Crippen LogP contribution >= 0.6 is 11.3 Å². The molecule has 40 heavy (non-hydrogen) atoms. The van der Waals surface area contributed by atoms with Crippen molar-refractivity contribution in [2.75, 3.05) is 32.8 Å². The first-order chi connectivity index (χ1) is 19.4. The second-order valence-corrected chi connectivity index (χ2v) is 12.4. The molecule has 11 heteroatoms. The van der Waals surface area contributed by atoms with Gasteiger partial charge >= 0.3 is 0 Å². The summed E-state index contributed by atoms with van der Waals surface area (Å²) < 4.78 is 11.1. The third-order valence-corrected chi connectivity index (χ3v) is 9.57. The Hall–Kier alpha value is -2.76. The topological polar surface area (TPSA) is 131 Å². The number of nitrogens with one attached hydrogen (secondary N) is 1. The number of ether oxygens (including phenoxy) is 1. The van der Waals surface area contributed by atoms with Crippen LogP contribution in [0.2, 0.25) is 0 Å². The zero-order valence-electron chi connectivity index (χ0n) is 23.3. The number of aryl methyl sites for hydroxylation is 1. The fourth-order valence-corrected chi connectivity index (χ4v) is 7.00. The zero-order valence-corrected chi connectivity index (χ0v) is 24.1. The Morgan fingerprint density at radius 2 is 1.98 bits per heavy atom. The Kier molecular flexibility index (Phi) is 9.54. The van der Waals surface area contributed by atoms with Crippen LogP contribution in [-0.2, 0) is 9.53 Å². The van der Waals surface area contributed by atoms with Gasteiger partial charge in [0, 0.05) is 38.3 Å². The standard InChI is InChI=1S/C29H41N5O5S/c1-19-14-24(32-39-19)28(36)34(18-23-4-2-12-38-23)22-10-11-33(29(37)26-5-3-13-40-26)25(15-22)27(35)31-17-21-8-6-20(16-30)7-9-21/h3,5,13-14,20-23,25H,2,4,6-12,15-18,30H2,1H3,(H,31,35)/t20?,21?,22?,23?,25-/m1/s1. The van der Waals surface area contributed by atoms with Crippen LogP contribution in [0.4, 0.5) is 0 Å². The Morgan fingerprint density at radius 3 is 2.62 bits per heavy atom. The van der Waals surface area contributed by atoms with E-state index >= 15 is 0 Å². The van der Waals surface area contributed by atoms with Gasteiger partial charge in [-0.25, -0.2) is 0 Å². The molecule has 1 aliphatic carbocycles. The number of thiophene rings is 1. The van der Waals surface area contributed by atoms with Crippen molar-refractivity contribution in [2.24, 2.45) is 17.6 Å². The molecule has 5 rings (SSSR count). The largest absolute Gasteiger partial charge is 0.376 e. The minimum Gasteiger partial charge on any atom is -0.376 e. The lowest BCUT2D eigenvalue weighted by Crippen LogP contribution is -2.59. The Bertz CT molecular complexity index is 1140. The molecule has 4 heterocycles. The average Bonchev–Trinajstić information content (AvgIpc) is 3.78. The summed E-state index contributed by atoms with van der Waals surface area (Å²) in [6, 6.07) is 4.37. The summed E-state index contributed by atoms with van der Waals surface area (Å²) in [6.45, 7) is 4.56. The third kappa shape index (κ3) is 6.75. The van der Waals surface area contributed by atoms with Gasteiger partial charge in [0.15, 0.2) is 5.69 Å².